The molecule has 70 valence electrons. The van der Waals surface area contributed by atoms with Crippen molar-refractivity contribution in [2.75, 3.05) is 11.9 Å². The molecule has 0 amide bonds. The van der Waals surface area contributed by atoms with Crippen LogP contribution < -0.4 is 5.32 Å². The van der Waals surface area contributed by atoms with Crippen molar-refractivity contribution in [3.05, 3.63) is 28.7 Å². The highest BCUT2D eigenvalue weighted by Gasteiger charge is 1.97. The number of hydrogen-bond donors (Lipinski definition) is 1. The largest absolute Gasteiger partial charge is 0.378 e. The second-order valence-electron chi connectivity index (χ2n) is 2.76. The maximum Gasteiger partial charge on any atom is 0.151 e. The number of ketones is 1. The van der Waals surface area contributed by atoms with E-state index in [1.54, 1.807) is 0 Å². The normalized spacial score (nSPS) is 9.69. The molecule has 1 aromatic rings. The van der Waals surface area contributed by atoms with E-state index in [0.717, 1.165) is 10.2 Å². The van der Waals surface area contributed by atoms with E-state index < -0.39 is 0 Å². The SMILES string of the molecule is CCC(=O)CNc1cccc(Br)c1. The Labute approximate surface area is 86.5 Å². The fourth-order valence-electron chi connectivity index (χ4n) is 0.924. The first kappa shape index (κ1) is 10.3. The summed E-state index contributed by atoms with van der Waals surface area (Å²) in [6.07, 6.45) is 0.584. The van der Waals surface area contributed by atoms with Gasteiger partial charge in [-0.15, -0.1) is 0 Å². The summed E-state index contributed by atoms with van der Waals surface area (Å²) in [5.41, 5.74) is 0.969. The molecule has 1 N–H and O–H groups in total. The van der Waals surface area contributed by atoms with E-state index >= 15 is 0 Å². The van der Waals surface area contributed by atoms with Crippen LogP contribution >= 0.6 is 15.9 Å². The van der Waals surface area contributed by atoms with Crippen LogP contribution in [0, 0.1) is 0 Å². The van der Waals surface area contributed by atoms with Crippen molar-refractivity contribution in [2.24, 2.45) is 0 Å². The second-order valence-corrected chi connectivity index (χ2v) is 3.67. The van der Waals surface area contributed by atoms with Crippen LogP contribution in [0.1, 0.15) is 13.3 Å². The van der Waals surface area contributed by atoms with Gasteiger partial charge in [-0.25, -0.2) is 0 Å². The molecule has 0 aliphatic heterocycles. The van der Waals surface area contributed by atoms with E-state index in [1.165, 1.54) is 0 Å². The van der Waals surface area contributed by atoms with E-state index in [9.17, 15) is 4.79 Å². The minimum absolute atomic E-state index is 0.222. The Balaban J connectivity index is 2.50. The quantitative estimate of drug-likeness (QED) is 0.879. The molecule has 0 fully saturated rings. The summed E-state index contributed by atoms with van der Waals surface area (Å²) in [4.78, 5) is 11.0. The van der Waals surface area contributed by atoms with Crippen LogP contribution in [0.2, 0.25) is 0 Å². The lowest BCUT2D eigenvalue weighted by Crippen LogP contribution is -2.12. The van der Waals surface area contributed by atoms with Crippen LogP contribution in [0.15, 0.2) is 28.7 Å². The first-order valence-electron chi connectivity index (χ1n) is 4.23. The Morgan fingerprint density at radius 3 is 2.92 bits per heavy atom. The summed E-state index contributed by atoms with van der Waals surface area (Å²) >= 11 is 3.36. The molecule has 0 spiro atoms. The standard InChI is InChI=1S/C10H12BrNO/c1-2-10(13)7-12-9-5-3-4-8(11)6-9/h3-6,12H,2,7H2,1H3. The smallest absolute Gasteiger partial charge is 0.151 e. The van der Waals surface area contributed by atoms with Gasteiger partial charge in [-0.2, -0.15) is 0 Å². The topological polar surface area (TPSA) is 29.1 Å². The molecule has 0 heterocycles. The van der Waals surface area contributed by atoms with Gasteiger partial charge >= 0.3 is 0 Å². The molecule has 13 heavy (non-hydrogen) atoms. The van der Waals surface area contributed by atoms with E-state index in [-0.39, 0.29) is 5.78 Å². The number of halogens is 1. The first-order chi connectivity index (χ1) is 6.22. The number of rotatable bonds is 4. The van der Waals surface area contributed by atoms with Crippen molar-refractivity contribution in [1.29, 1.82) is 0 Å². The number of carbonyl (C=O) groups is 1. The van der Waals surface area contributed by atoms with Crippen molar-refractivity contribution >= 4 is 27.4 Å². The monoisotopic (exact) mass is 241 g/mol. The van der Waals surface area contributed by atoms with E-state index in [2.05, 4.69) is 21.2 Å². The van der Waals surface area contributed by atoms with Gasteiger partial charge in [-0.3, -0.25) is 4.79 Å². The highest BCUT2D eigenvalue weighted by Crippen LogP contribution is 2.15. The maximum absolute atomic E-state index is 11.0. The van der Waals surface area contributed by atoms with Gasteiger partial charge < -0.3 is 5.32 Å². The molecule has 0 aromatic heterocycles. The van der Waals surface area contributed by atoms with Crippen LogP contribution in [-0.4, -0.2) is 12.3 Å². The summed E-state index contributed by atoms with van der Waals surface area (Å²) in [6.45, 7) is 2.28. The van der Waals surface area contributed by atoms with Crippen molar-refractivity contribution in [1.82, 2.24) is 0 Å². The van der Waals surface area contributed by atoms with Gasteiger partial charge in [0.15, 0.2) is 5.78 Å². The molecular weight excluding hydrogens is 230 g/mol. The molecule has 0 saturated carbocycles. The molecule has 0 bridgehead atoms. The van der Waals surface area contributed by atoms with Crippen LogP contribution in [-0.2, 0) is 4.79 Å². The summed E-state index contributed by atoms with van der Waals surface area (Å²) in [5.74, 6) is 0.222. The predicted molar refractivity (Wildman–Crippen MR) is 57.9 cm³/mol. The third-order valence-corrected chi connectivity index (χ3v) is 2.20. The van der Waals surface area contributed by atoms with Crippen molar-refractivity contribution in [2.45, 2.75) is 13.3 Å². The first-order valence-corrected chi connectivity index (χ1v) is 5.03. The van der Waals surface area contributed by atoms with E-state index in [4.69, 9.17) is 0 Å². The van der Waals surface area contributed by atoms with Gasteiger partial charge in [-0.1, -0.05) is 28.9 Å². The zero-order valence-corrected chi connectivity index (χ0v) is 9.10. The Hall–Kier alpha value is -0.830. The van der Waals surface area contributed by atoms with Gasteiger partial charge in [0.2, 0.25) is 0 Å². The molecular formula is C10H12BrNO. The Kier molecular flexibility index (Phi) is 3.96. The van der Waals surface area contributed by atoms with Crippen molar-refractivity contribution in [3.63, 3.8) is 0 Å². The molecule has 3 heteroatoms. The third kappa shape index (κ3) is 3.59. The highest BCUT2D eigenvalue weighted by atomic mass is 79.9. The highest BCUT2D eigenvalue weighted by molar-refractivity contribution is 9.10. The van der Waals surface area contributed by atoms with Crippen molar-refractivity contribution < 1.29 is 4.79 Å². The average molecular weight is 242 g/mol. The molecule has 1 aromatic carbocycles. The van der Waals surface area contributed by atoms with E-state index in [1.807, 2.05) is 31.2 Å². The van der Waals surface area contributed by atoms with Gasteiger partial charge in [0.05, 0.1) is 6.54 Å². The summed E-state index contributed by atoms with van der Waals surface area (Å²) in [6, 6.07) is 7.77. The minimum Gasteiger partial charge on any atom is -0.378 e. The number of benzene rings is 1. The second kappa shape index (κ2) is 5.02. The molecule has 2 nitrogen and oxygen atoms in total. The zero-order chi connectivity index (χ0) is 9.68. The number of hydrogen-bond acceptors (Lipinski definition) is 2. The average Bonchev–Trinajstić information content (AvgIpc) is 2.14. The summed E-state index contributed by atoms with van der Waals surface area (Å²) in [5, 5.41) is 3.06. The molecule has 0 radical (unpaired) electrons. The molecule has 1 rings (SSSR count). The van der Waals surface area contributed by atoms with Gasteiger partial charge in [-0.05, 0) is 18.2 Å². The molecule has 0 unspecified atom stereocenters. The van der Waals surface area contributed by atoms with Crippen LogP contribution in [0.25, 0.3) is 0 Å². The lowest BCUT2D eigenvalue weighted by molar-refractivity contribution is -0.117. The van der Waals surface area contributed by atoms with Gasteiger partial charge in [0.1, 0.15) is 0 Å². The maximum atomic E-state index is 11.0. The minimum atomic E-state index is 0.222. The Morgan fingerprint density at radius 1 is 1.54 bits per heavy atom. The molecule has 0 saturated heterocycles. The number of carbonyl (C=O) groups excluding carboxylic acids is 1. The fraction of sp³-hybridized carbons (Fsp3) is 0.300. The van der Waals surface area contributed by atoms with E-state index in [0.29, 0.717) is 13.0 Å². The lowest BCUT2D eigenvalue weighted by atomic mass is 10.3. The molecule has 0 aliphatic rings. The summed E-state index contributed by atoms with van der Waals surface area (Å²) in [7, 11) is 0. The van der Waals surface area contributed by atoms with Crippen molar-refractivity contribution in [3.8, 4) is 0 Å². The van der Waals surface area contributed by atoms with Gasteiger partial charge in [0.25, 0.3) is 0 Å². The third-order valence-electron chi connectivity index (χ3n) is 1.71. The molecule has 0 aliphatic carbocycles. The summed E-state index contributed by atoms with van der Waals surface area (Å²) < 4.78 is 1.02. The molecule has 0 atom stereocenters. The zero-order valence-electron chi connectivity index (χ0n) is 7.51. The fourth-order valence-corrected chi connectivity index (χ4v) is 1.32. The van der Waals surface area contributed by atoms with Crippen LogP contribution in [0.3, 0.4) is 0 Å². The number of nitrogens with one attached hydrogen (secondary N) is 1. The Bertz CT molecular complexity index is 299. The van der Waals surface area contributed by atoms with Crippen LogP contribution in [0.5, 0.6) is 0 Å². The Morgan fingerprint density at radius 2 is 2.31 bits per heavy atom. The number of Topliss-reactive ketones (excluding diaryl/α,β-unsaturated/α-hetero) is 1. The number of anilines is 1. The lowest BCUT2D eigenvalue weighted by Gasteiger charge is -2.04. The van der Waals surface area contributed by atoms with Gasteiger partial charge in [0, 0.05) is 16.6 Å². The predicted octanol–water partition coefficient (Wildman–Crippen LogP) is 2.84. The van der Waals surface area contributed by atoms with Crippen LogP contribution in [0.4, 0.5) is 5.69 Å².